The van der Waals surface area contributed by atoms with Gasteiger partial charge < -0.3 is 8.94 Å². The van der Waals surface area contributed by atoms with Gasteiger partial charge in [0, 0.05) is 32.6 Å². The number of hydrogen-bond donors (Lipinski definition) is 0. The quantitative estimate of drug-likeness (QED) is 0.651. The molecular weight excluding hydrogens is 352 g/mol. The molecule has 0 saturated carbocycles. The van der Waals surface area contributed by atoms with Crippen molar-refractivity contribution in [1.29, 1.82) is 0 Å². The molecule has 26 heavy (non-hydrogen) atoms. The highest BCUT2D eigenvalue weighted by Crippen LogP contribution is 2.23. The third-order valence-electron chi connectivity index (χ3n) is 4.67. The van der Waals surface area contributed by atoms with E-state index in [1.807, 2.05) is 24.4 Å². The summed E-state index contributed by atoms with van der Waals surface area (Å²) in [5.74, 6) is 2.74. The van der Waals surface area contributed by atoms with Crippen LogP contribution in [-0.4, -0.2) is 56.3 Å². The van der Waals surface area contributed by atoms with Crippen molar-refractivity contribution in [1.82, 2.24) is 30.1 Å². The van der Waals surface area contributed by atoms with Gasteiger partial charge in [0.2, 0.25) is 23.5 Å². The second kappa shape index (κ2) is 7.65. The largest absolute Gasteiger partial charge is 0.424 e. The lowest BCUT2D eigenvalue weighted by Crippen LogP contribution is -2.46. The van der Waals surface area contributed by atoms with Crippen LogP contribution in [0.2, 0.25) is 0 Å². The van der Waals surface area contributed by atoms with E-state index in [1.165, 1.54) is 0 Å². The summed E-state index contributed by atoms with van der Waals surface area (Å²) >= 11 is 1.61. The Morgan fingerprint density at radius 1 is 1.19 bits per heavy atom. The van der Waals surface area contributed by atoms with Crippen molar-refractivity contribution in [3.8, 4) is 10.7 Å². The molecule has 0 spiro atoms. The number of aromatic nitrogens is 4. The van der Waals surface area contributed by atoms with Gasteiger partial charge in [-0.3, -0.25) is 9.80 Å². The molecule has 4 rings (SSSR count). The lowest BCUT2D eigenvalue weighted by Gasteiger charge is -2.36. The molecule has 0 radical (unpaired) electrons. The molecule has 0 N–H and O–H groups in total. The molecule has 9 heteroatoms. The van der Waals surface area contributed by atoms with Crippen molar-refractivity contribution >= 4 is 11.3 Å². The van der Waals surface area contributed by atoms with Gasteiger partial charge in [0.25, 0.3) is 0 Å². The van der Waals surface area contributed by atoms with E-state index < -0.39 is 0 Å². The van der Waals surface area contributed by atoms with Gasteiger partial charge in [-0.25, -0.2) is 0 Å². The molecule has 1 aliphatic heterocycles. The Kier molecular flexibility index (Phi) is 5.09. The number of piperazine rings is 1. The van der Waals surface area contributed by atoms with Crippen molar-refractivity contribution in [3.63, 3.8) is 0 Å². The Balaban J connectivity index is 1.31. The first-order chi connectivity index (χ1) is 12.7. The summed E-state index contributed by atoms with van der Waals surface area (Å²) in [5, 5.41) is 14.3. The second-order valence-electron chi connectivity index (χ2n) is 6.36. The summed E-state index contributed by atoms with van der Waals surface area (Å²) in [6.45, 7) is 8.58. The van der Waals surface area contributed by atoms with Crippen LogP contribution in [0.4, 0.5) is 0 Å². The van der Waals surface area contributed by atoms with Crippen LogP contribution in [-0.2, 0) is 13.0 Å². The standard InChI is InChI=1S/C17H22N6O2S/c1-3-14-19-20-17(24-14)12(2)23-8-6-22(7-9-23)11-15-18-16(21-25-15)13-5-4-10-26-13/h4-5,10,12H,3,6-9,11H2,1-2H3. The number of nitrogens with zero attached hydrogens (tertiary/aromatic N) is 6. The first-order valence-electron chi connectivity index (χ1n) is 8.88. The summed E-state index contributed by atoms with van der Waals surface area (Å²) in [5.41, 5.74) is 0. The van der Waals surface area contributed by atoms with Crippen LogP contribution >= 0.6 is 11.3 Å². The van der Waals surface area contributed by atoms with Crippen LogP contribution in [0.1, 0.15) is 37.6 Å². The van der Waals surface area contributed by atoms with E-state index in [0.29, 0.717) is 30.0 Å². The van der Waals surface area contributed by atoms with E-state index >= 15 is 0 Å². The zero-order chi connectivity index (χ0) is 17.9. The van der Waals surface area contributed by atoms with Crippen LogP contribution in [0.3, 0.4) is 0 Å². The second-order valence-corrected chi connectivity index (χ2v) is 7.31. The monoisotopic (exact) mass is 374 g/mol. The molecule has 1 unspecified atom stereocenters. The topological polar surface area (TPSA) is 84.3 Å². The van der Waals surface area contributed by atoms with E-state index in [-0.39, 0.29) is 6.04 Å². The summed E-state index contributed by atoms with van der Waals surface area (Å²) in [7, 11) is 0. The molecular formula is C17H22N6O2S. The third-order valence-corrected chi connectivity index (χ3v) is 5.53. The van der Waals surface area contributed by atoms with Crippen LogP contribution in [0, 0.1) is 0 Å². The Labute approximate surface area is 155 Å². The van der Waals surface area contributed by atoms with Gasteiger partial charge in [0.15, 0.2) is 0 Å². The van der Waals surface area contributed by atoms with Crippen molar-refractivity contribution in [2.75, 3.05) is 26.2 Å². The molecule has 3 aromatic heterocycles. The first-order valence-corrected chi connectivity index (χ1v) is 9.76. The van der Waals surface area contributed by atoms with Gasteiger partial charge in [0.1, 0.15) is 0 Å². The normalized spacial score (nSPS) is 17.6. The SMILES string of the molecule is CCc1nnc(C(C)N2CCN(Cc3nc(-c4cccs4)no3)CC2)o1. The van der Waals surface area contributed by atoms with E-state index in [2.05, 4.69) is 37.1 Å². The minimum atomic E-state index is 0.138. The highest BCUT2D eigenvalue weighted by atomic mass is 32.1. The molecule has 1 aliphatic rings. The lowest BCUT2D eigenvalue weighted by atomic mass is 10.2. The zero-order valence-corrected chi connectivity index (χ0v) is 15.8. The fourth-order valence-electron chi connectivity index (χ4n) is 3.06. The molecule has 0 amide bonds. The Morgan fingerprint density at radius 2 is 2.04 bits per heavy atom. The predicted octanol–water partition coefficient (Wildman–Crippen LogP) is 2.62. The van der Waals surface area contributed by atoms with Crippen LogP contribution in [0.5, 0.6) is 0 Å². The minimum absolute atomic E-state index is 0.138. The van der Waals surface area contributed by atoms with E-state index in [0.717, 1.165) is 37.5 Å². The zero-order valence-electron chi connectivity index (χ0n) is 15.0. The van der Waals surface area contributed by atoms with Gasteiger partial charge in [-0.1, -0.05) is 18.1 Å². The highest BCUT2D eigenvalue weighted by molar-refractivity contribution is 7.13. The molecule has 0 bridgehead atoms. The molecule has 138 valence electrons. The van der Waals surface area contributed by atoms with Gasteiger partial charge in [-0.2, -0.15) is 4.98 Å². The van der Waals surface area contributed by atoms with Gasteiger partial charge in [0.05, 0.1) is 17.5 Å². The Hall–Kier alpha value is -2.10. The lowest BCUT2D eigenvalue weighted by molar-refractivity contribution is 0.0806. The minimum Gasteiger partial charge on any atom is -0.424 e. The Morgan fingerprint density at radius 3 is 2.73 bits per heavy atom. The van der Waals surface area contributed by atoms with Crippen LogP contribution in [0.15, 0.2) is 26.5 Å². The molecule has 1 fully saturated rings. The molecule has 1 saturated heterocycles. The number of aryl methyl sites for hydroxylation is 1. The predicted molar refractivity (Wildman–Crippen MR) is 96.6 cm³/mol. The van der Waals surface area contributed by atoms with Crippen molar-refractivity contribution in [2.45, 2.75) is 32.9 Å². The third kappa shape index (κ3) is 3.69. The molecule has 1 atom stereocenters. The maximum Gasteiger partial charge on any atom is 0.241 e. The van der Waals surface area contributed by atoms with Crippen LogP contribution in [0.25, 0.3) is 10.7 Å². The molecule has 4 heterocycles. The van der Waals surface area contributed by atoms with Gasteiger partial charge >= 0.3 is 0 Å². The Bertz CT molecular complexity index is 822. The fraction of sp³-hybridized carbons (Fsp3) is 0.529. The average molecular weight is 374 g/mol. The summed E-state index contributed by atoms with van der Waals surface area (Å²) < 4.78 is 11.1. The van der Waals surface area contributed by atoms with Gasteiger partial charge in [-0.05, 0) is 18.4 Å². The maximum atomic E-state index is 5.70. The summed E-state index contributed by atoms with van der Waals surface area (Å²) in [6, 6.07) is 4.13. The van der Waals surface area contributed by atoms with E-state index in [9.17, 15) is 0 Å². The average Bonchev–Trinajstić information content (AvgIpc) is 3.42. The highest BCUT2D eigenvalue weighted by Gasteiger charge is 2.26. The molecule has 3 aromatic rings. The maximum absolute atomic E-state index is 5.70. The fourth-order valence-corrected chi connectivity index (χ4v) is 3.71. The number of hydrogen-bond acceptors (Lipinski definition) is 9. The van der Waals surface area contributed by atoms with E-state index in [4.69, 9.17) is 8.94 Å². The summed E-state index contributed by atoms with van der Waals surface area (Å²) in [4.78, 5) is 10.2. The first kappa shape index (κ1) is 17.3. The van der Waals surface area contributed by atoms with Crippen molar-refractivity contribution < 1.29 is 8.94 Å². The van der Waals surface area contributed by atoms with E-state index in [1.54, 1.807) is 11.3 Å². The van der Waals surface area contributed by atoms with Crippen molar-refractivity contribution in [3.05, 3.63) is 35.2 Å². The smallest absolute Gasteiger partial charge is 0.241 e. The molecule has 8 nitrogen and oxygen atoms in total. The van der Waals surface area contributed by atoms with Gasteiger partial charge in [-0.15, -0.1) is 21.5 Å². The molecule has 0 aromatic carbocycles. The summed E-state index contributed by atoms with van der Waals surface area (Å²) in [6.07, 6.45) is 0.769. The number of rotatable bonds is 6. The van der Waals surface area contributed by atoms with Crippen molar-refractivity contribution in [2.24, 2.45) is 0 Å². The number of thiophene rings is 1. The van der Waals surface area contributed by atoms with Crippen LogP contribution < -0.4 is 0 Å². The molecule has 0 aliphatic carbocycles.